The SMILES string of the molecule is CCOc1ccc(Br)cc1C(N)c1cccc(Br)c1. The Morgan fingerprint density at radius 1 is 1.11 bits per heavy atom. The Bertz CT molecular complexity index is 572. The van der Waals surface area contributed by atoms with Gasteiger partial charge >= 0.3 is 0 Å². The number of hydrogen-bond acceptors (Lipinski definition) is 2. The number of benzene rings is 2. The van der Waals surface area contributed by atoms with Gasteiger partial charge in [-0.15, -0.1) is 0 Å². The van der Waals surface area contributed by atoms with Gasteiger partial charge in [0.05, 0.1) is 12.6 Å². The molecule has 0 aromatic heterocycles. The monoisotopic (exact) mass is 383 g/mol. The highest BCUT2D eigenvalue weighted by atomic mass is 79.9. The predicted molar refractivity (Wildman–Crippen MR) is 85.5 cm³/mol. The summed E-state index contributed by atoms with van der Waals surface area (Å²) >= 11 is 6.95. The van der Waals surface area contributed by atoms with E-state index in [1.54, 1.807) is 0 Å². The highest BCUT2D eigenvalue weighted by Gasteiger charge is 2.15. The van der Waals surface area contributed by atoms with Crippen LogP contribution in [-0.4, -0.2) is 6.61 Å². The summed E-state index contributed by atoms with van der Waals surface area (Å²) < 4.78 is 7.67. The maximum Gasteiger partial charge on any atom is 0.124 e. The van der Waals surface area contributed by atoms with Crippen molar-refractivity contribution in [3.63, 3.8) is 0 Å². The molecule has 0 heterocycles. The topological polar surface area (TPSA) is 35.2 Å². The zero-order valence-corrected chi connectivity index (χ0v) is 13.7. The van der Waals surface area contributed by atoms with Gasteiger partial charge in [0.1, 0.15) is 5.75 Å². The Kier molecular flexibility index (Phi) is 5.02. The molecule has 2 N–H and O–H groups in total. The lowest BCUT2D eigenvalue weighted by atomic mass is 9.99. The van der Waals surface area contributed by atoms with Crippen molar-refractivity contribution in [1.29, 1.82) is 0 Å². The molecule has 0 saturated heterocycles. The fourth-order valence-electron chi connectivity index (χ4n) is 1.93. The second kappa shape index (κ2) is 6.55. The molecule has 100 valence electrons. The maximum atomic E-state index is 6.36. The Labute approximate surface area is 130 Å². The fraction of sp³-hybridized carbons (Fsp3) is 0.200. The van der Waals surface area contributed by atoms with Gasteiger partial charge in [-0.05, 0) is 42.8 Å². The van der Waals surface area contributed by atoms with Gasteiger partial charge < -0.3 is 10.5 Å². The standard InChI is InChI=1S/C15H15Br2NO/c1-2-19-14-7-6-12(17)9-13(14)15(18)10-4-3-5-11(16)8-10/h3-9,15H,2,18H2,1H3. The van der Waals surface area contributed by atoms with E-state index in [2.05, 4.69) is 31.9 Å². The first-order chi connectivity index (χ1) is 9.11. The van der Waals surface area contributed by atoms with Crippen molar-refractivity contribution in [2.24, 2.45) is 5.73 Å². The lowest BCUT2D eigenvalue weighted by molar-refractivity contribution is 0.335. The molecule has 0 aliphatic rings. The molecule has 0 aliphatic heterocycles. The zero-order chi connectivity index (χ0) is 13.8. The fourth-order valence-corrected chi connectivity index (χ4v) is 2.72. The third kappa shape index (κ3) is 3.59. The zero-order valence-electron chi connectivity index (χ0n) is 10.6. The molecular weight excluding hydrogens is 370 g/mol. The van der Waals surface area contributed by atoms with Gasteiger partial charge in [-0.25, -0.2) is 0 Å². The van der Waals surface area contributed by atoms with Crippen molar-refractivity contribution in [2.45, 2.75) is 13.0 Å². The first-order valence-electron chi connectivity index (χ1n) is 6.05. The Balaban J connectivity index is 2.42. The minimum Gasteiger partial charge on any atom is -0.494 e. The molecule has 0 aliphatic carbocycles. The van der Waals surface area contributed by atoms with Crippen LogP contribution in [0.15, 0.2) is 51.4 Å². The summed E-state index contributed by atoms with van der Waals surface area (Å²) in [7, 11) is 0. The van der Waals surface area contributed by atoms with Crippen molar-refractivity contribution >= 4 is 31.9 Å². The normalized spacial score (nSPS) is 12.2. The average Bonchev–Trinajstić information content (AvgIpc) is 2.40. The van der Waals surface area contributed by atoms with E-state index in [4.69, 9.17) is 10.5 Å². The molecule has 0 bridgehead atoms. The van der Waals surface area contributed by atoms with Gasteiger partial charge in [0.25, 0.3) is 0 Å². The summed E-state index contributed by atoms with van der Waals surface area (Å²) in [5, 5.41) is 0. The highest BCUT2D eigenvalue weighted by Crippen LogP contribution is 2.32. The number of hydrogen-bond donors (Lipinski definition) is 1. The van der Waals surface area contributed by atoms with E-state index in [0.29, 0.717) is 6.61 Å². The molecule has 0 saturated carbocycles. The molecule has 2 aromatic carbocycles. The van der Waals surface area contributed by atoms with Crippen molar-refractivity contribution in [1.82, 2.24) is 0 Å². The van der Waals surface area contributed by atoms with Crippen LogP contribution in [0.5, 0.6) is 5.75 Å². The van der Waals surface area contributed by atoms with Gasteiger partial charge in [0.15, 0.2) is 0 Å². The van der Waals surface area contributed by atoms with Gasteiger partial charge in [0, 0.05) is 14.5 Å². The van der Waals surface area contributed by atoms with E-state index in [1.165, 1.54) is 0 Å². The molecule has 4 heteroatoms. The first kappa shape index (κ1) is 14.6. The van der Waals surface area contributed by atoms with Crippen molar-refractivity contribution in [3.05, 3.63) is 62.5 Å². The van der Waals surface area contributed by atoms with E-state index in [1.807, 2.05) is 49.4 Å². The maximum absolute atomic E-state index is 6.36. The first-order valence-corrected chi connectivity index (χ1v) is 7.63. The molecule has 0 spiro atoms. The number of ether oxygens (including phenoxy) is 1. The van der Waals surface area contributed by atoms with Gasteiger partial charge in [0.2, 0.25) is 0 Å². The van der Waals surface area contributed by atoms with E-state index >= 15 is 0 Å². The summed E-state index contributed by atoms with van der Waals surface area (Å²) in [5.41, 5.74) is 8.39. The second-order valence-electron chi connectivity index (χ2n) is 4.15. The van der Waals surface area contributed by atoms with Crippen LogP contribution >= 0.6 is 31.9 Å². The average molecular weight is 385 g/mol. The largest absolute Gasteiger partial charge is 0.494 e. The highest BCUT2D eigenvalue weighted by molar-refractivity contribution is 9.10. The van der Waals surface area contributed by atoms with Crippen LogP contribution in [0.25, 0.3) is 0 Å². The third-order valence-corrected chi connectivity index (χ3v) is 3.80. The second-order valence-corrected chi connectivity index (χ2v) is 5.98. The van der Waals surface area contributed by atoms with Gasteiger partial charge in [-0.3, -0.25) is 0 Å². The van der Waals surface area contributed by atoms with Crippen molar-refractivity contribution in [2.75, 3.05) is 6.61 Å². The summed E-state index contributed by atoms with van der Waals surface area (Å²) in [6, 6.07) is 13.7. The molecule has 19 heavy (non-hydrogen) atoms. The summed E-state index contributed by atoms with van der Waals surface area (Å²) in [5.74, 6) is 0.832. The lowest BCUT2D eigenvalue weighted by Crippen LogP contribution is -2.13. The van der Waals surface area contributed by atoms with Gasteiger partial charge in [-0.2, -0.15) is 0 Å². The smallest absolute Gasteiger partial charge is 0.124 e. The van der Waals surface area contributed by atoms with Crippen LogP contribution in [-0.2, 0) is 0 Å². The molecule has 0 radical (unpaired) electrons. The number of rotatable bonds is 4. The predicted octanol–water partition coefficient (Wildman–Crippen LogP) is 4.66. The van der Waals surface area contributed by atoms with Crippen LogP contribution in [0.4, 0.5) is 0 Å². The molecule has 2 nitrogen and oxygen atoms in total. The summed E-state index contributed by atoms with van der Waals surface area (Å²) in [6.07, 6.45) is 0. The molecule has 2 aromatic rings. The lowest BCUT2D eigenvalue weighted by Gasteiger charge is -2.17. The Morgan fingerprint density at radius 2 is 1.84 bits per heavy atom. The van der Waals surface area contributed by atoms with Crippen LogP contribution < -0.4 is 10.5 Å². The quantitative estimate of drug-likeness (QED) is 0.831. The molecule has 0 amide bonds. The van der Waals surface area contributed by atoms with Gasteiger partial charge in [-0.1, -0.05) is 44.0 Å². The van der Waals surface area contributed by atoms with Crippen LogP contribution in [0.1, 0.15) is 24.1 Å². The van der Waals surface area contributed by atoms with Crippen LogP contribution in [0, 0.1) is 0 Å². The molecular formula is C15H15Br2NO. The number of nitrogens with two attached hydrogens (primary N) is 1. The summed E-state index contributed by atoms with van der Waals surface area (Å²) in [6.45, 7) is 2.59. The molecule has 0 fully saturated rings. The van der Waals surface area contributed by atoms with Crippen LogP contribution in [0.3, 0.4) is 0 Å². The van der Waals surface area contributed by atoms with Crippen molar-refractivity contribution in [3.8, 4) is 5.75 Å². The molecule has 2 rings (SSSR count). The van der Waals surface area contributed by atoms with Crippen LogP contribution in [0.2, 0.25) is 0 Å². The van der Waals surface area contributed by atoms with E-state index < -0.39 is 0 Å². The Morgan fingerprint density at radius 3 is 2.53 bits per heavy atom. The molecule has 1 atom stereocenters. The van der Waals surface area contributed by atoms with E-state index in [0.717, 1.165) is 25.8 Å². The summed E-state index contributed by atoms with van der Waals surface area (Å²) in [4.78, 5) is 0. The molecule has 1 unspecified atom stereocenters. The number of halogens is 2. The minimum absolute atomic E-state index is 0.212. The van der Waals surface area contributed by atoms with E-state index in [-0.39, 0.29) is 6.04 Å². The third-order valence-electron chi connectivity index (χ3n) is 2.81. The minimum atomic E-state index is -0.212. The van der Waals surface area contributed by atoms with E-state index in [9.17, 15) is 0 Å². The van der Waals surface area contributed by atoms with Crippen molar-refractivity contribution < 1.29 is 4.74 Å². The Hall–Kier alpha value is -0.840.